The molecule has 1 saturated heterocycles. The van der Waals surface area contributed by atoms with Crippen LogP contribution in [0.25, 0.3) is 0 Å². The number of hydrogen-bond donors (Lipinski definition) is 1. The lowest BCUT2D eigenvalue weighted by molar-refractivity contribution is 0.0174. The second kappa shape index (κ2) is 6.85. The third kappa shape index (κ3) is 5.12. The van der Waals surface area contributed by atoms with Crippen molar-refractivity contribution in [2.24, 2.45) is 0 Å². The molecule has 0 saturated carbocycles. The van der Waals surface area contributed by atoms with E-state index < -0.39 is 5.60 Å². The summed E-state index contributed by atoms with van der Waals surface area (Å²) in [6.07, 6.45) is -0.365. The van der Waals surface area contributed by atoms with Gasteiger partial charge in [0.1, 0.15) is 11.4 Å². The molecule has 0 radical (unpaired) electrons. The Bertz CT molecular complexity index is 561. The van der Waals surface area contributed by atoms with Gasteiger partial charge < -0.3 is 19.9 Å². The molecule has 1 aromatic carbocycles. The normalized spacial score (nSPS) is 15.3. The van der Waals surface area contributed by atoms with Crippen LogP contribution in [-0.4, -0.2) is 53.7 Å². The van der Waals surface area contributed by atoms with Gasteiger partial charge in [-0.05, 0) is 45.0 Å². The summed E-state index contributed by atoms with van der Waals surface area (Å²) < 4.78 is 18.2. The third-order valence-electron chi connectivity index (χ3n) is 3.31. The van der Waals surface area contributed by atoms with Gasteiger partial charge in [0.05, 0.1) is 0 Å². The molecule has 3 amide bonds. The molecule has 1 N–H and O–H groups in total. The Morgan fingerprint density at radius 1 is 1.04 bits per heavy atom. The Morgan fingerprint density at radius 2 is 1.57 bits per heavy atom. The highest BCUT2D eigenvalue weighted by molar-refractivity contribution is 5.89. The number of anilines is 1. The average molecular weight is 323 g/mol. The minimum Gasteiger partial charge on any atom is -0.444 e. The molecule has 1 aromatic rings. The first-order valence-corrected chi connectivity index (χ1v) is 7.54. The molecule has 23 heavy (non-hydrogen) atoms. The largest absolute Gasteiger partial charge is 0.444 e. The minimum atomic E-state index is -0.534. The first kappa shape index (κ1) is 17.1. The van der Waals surface area contributed by atoms with Crippen molar-refractivity contribution < 1.29 is 18.7 Å². The van der Waals surface area contributed by atoms with E-state index in [1.165, 1.54) is 24.3 Å². The molecule has 0 aliphatic carbocycles. The standard InChI is InChI=1S/C16H22FN3O3/c1-16(2,3)23-15(22)20-10-8-19(9-11-20)14(21)18-13-6-4-12(17)5-7-13/h4-7H,8-11H2,1-3H3,(H,18,21). The predicted octanol–water partition coefficient (Wildman–Crippen LogP) is 2.91. The highest BCUT2D eigenvalue weighted by atomic mass is 19.1. The van der Waals surface area contributed by atoms with Crippen LogP contribution in [0.2, 0.25) is 0 Å². The Hall–Kier alpha value is -2.31. The number of ether oxygens (including phenoxy) is 1. The molecule has 1 fully saturated rings. The molecule has 7 heteroatoms. The highest BCUT2D eigenvalue weighted by Gasteiger charge is 2.27. The van der Waals surface area contributed by atoms with E-state index in [2.05, 4.69) is 5.32 Å². The van der Waals surface area contributed by atoms with Gasteiger partial charge in [-0.1, -0.05) is 0 Å². The quantitative estimate of drug-likeness (QED) is 0.864. The molecule has 0 aromatic heterocycles. The number of nitrogens with one attached hydrogen (secondary N) is 1. The van der Waals surface area contributed by atoms with Crippen molar-refractivity contribution >= 4 is 17.8 Å². The van der Waals surface area contributed by atoms with Gasteiger partial charge in [0.2, 0.25) is 0 Å². The lowest BCUT2D eigenvalue weighted by Gasteiger charge is -2.35. The van der Waals surface area contributed by atoms with E-state index in [4.69, 9.17) is 4.74 Å². The van der Waals surface area contributed by atoms with Crippen LogP contribution in [0.3, 0.4) is 0 Å². The maximum Gasteiger partial charge on any atom is 0.410 e. The van der Waals surface area contributed by atoms with Crippen LogP contribution < -0.4 is 5.32 Å². The van der Waals surface area contributed by atoms with Gasteiger partial charge in [0.15, 0.2) is 0 Å². The van der Waals surface area contributed by atoms with E-state index >= 15 is 0 Å². The monoisotopic (exact) mass is 323 g/mol. The maximum atomic E-state index is 12.8. The van der Waals surface area contributed by atoms with Gasteiger partial charge in [0, 0.05) is 31.9 Å². The topological polar surface area (TPSA) is 61.9 Å². The van der Waals surface area contributed by atoms with Crippen molar-refractivity contribution in [3.8, 4) is 0 Å². The molecule has 1 aliphatic heterocycles. The smallest absolute Gasteiger partial charge is 0.410 e. The van der Waals surface area contributed by atoms with Crippen molar-refractivity contribution in [2.45, 2.75) is 26.4 Å². The zero-order chi connectivity index (χ0) is 17.0. The van der Waals surface area contributed by atoms with E-state index in [-0.39, 0.29) is 17.9 Å². The predicted molar refractivity (Wildman–Crippen MR) is 84.8 cm³/mol. The van der Waals surface area contributed by atoms with Crippen molar-refractivity contribution in [2.75, 3.05) is 31.5 Å². The van der Waals surface area contributed by atoms with Crippen LogP contribution in [0.4, 0.5) is 19.7 Å². The molecule has 2 rings (SSSR count). The van der Waals surface area contributed by atoms with Gasteiger partial charge in [-0.15, -0.1) is 0 Å². The van der Waals surface area contributed by atoms with Gasteiger partial charge in [-0.3, -0.25) is 0 Å². The molecule has 1 aliphatic rings. The summed E-state index contributed by atoms with van der Waals surface area (Å²) in [5, 5.41) is 2.71. The minimum absolute atomic E-state index is 0.263. The summed E-state index contributed by atoms with van der Waals surface area (Å²) in [5.74, 6) is -0.353. The van der Waals surface area contributed by atoms with Gasteiger partial charge in [-0.2, -0.15) is 0 Å². The van der Waals surface area contributed by atoms with E-state index in [0.717, 1.165) is 0 Å². The third-order valence-corrected chi connectivity index (χ3v) is 3.31. The van der Waals surface area contributed by atoms with Crippen molar-refractivity contribution in [1.82, 2.24) is 9.80 Å². The van der Waals surface area contributed by atoms with Crippen LogP contribution >= 0.6 is 0 Å². The second-order valence-corrected chi connectivity index (χ2v) is 6.39. The number of halogens is 1. The van der Waals surface area contributed by atoms with Crippen LogP contribution in [-0.2, 0) is 4.74 Å². The van der Waals surface area contributed by atoms with Crippen molar-refractivity contribution in [1.29, 1.82) is 0 Å². The molecule has 1 heterocycles. The average Bonchev–Trinajstić information content (AvgIpc) is 2.48. The van der Waals surface area contributed by atoms with E-state index in [1.807, 2.05) is 20.8 Å². The lowest BCUT2D eigenvalue weighted by Crippen LogP contribution is -2.52. The summed E-state index contributed by atoms with van der Waals surface area (Å²) in [6.45, 7) is 7.14. The Labute approximate surface area is 135 Å². The molecule has 6 nitrogen and oxygen atoms in total. The summed E-state index contributed by atoms with van der Waals surface area (Å²) in [6, 6.07) is 5.32. The van der Waals surface area contributed by atoms with E-state index in [0.29, 0.717) is 31.9 Å². The van der Waals surface area contributed by atoms with Crippen LogP contribution in [0.15, 0.2) is 24.3 Å². The SMILES string of the molecule is CC(C)(C)OC(=O)N1CCN(C(=O)Nc2ccc(F)cc2)CC1. The molecule has 0 unspecified atom stereocenters. The Morgan fingerprint density at radius 3 is 2.09 bits per heavy atom. The number of nitrogens with zero attached hydrogens (tertiary/aromatic N) is 2. The summed E-state index contributed by atoms with van der Waals surface area (Å²) in [7, 11) is 0. The van der Waals surface area contributed by atoms with Crippen LogP contribution in [0.5, 0.6) is 0 Å². The number of piperazine rings is 1. The molecule has 126 valence electrons. The zero-order valence-electron chi connectivity index (χ0n) is 13.6. The number of hydrogen-bond acceptors (Lipinski definition) is 3. The molecular formula is C16H22FN3O3. The van der Waals surface area contributed by atoms with Crippen LogP contribution in [0, 0.1) is 5.82 Å². The van der Waals surface area contributed by atoms with Crippen molar-refractivity contribution in [3.63, 3.8) is 0 Å². The van der Waals surface area contributed by atoms with E-state index in [1.54, 1.807) is 9.80 Å². The number of carbonyl (C=O) groups is 2. The summed E-state index contributed by atoms with van der Waals surface area (Å²) >= 11 is 0. The molecule has 0 atom stereocenters. The Balaban J connectivity index is 1.83. The molecular weight excluding hydrogens is 301 g/mol. The summed E-state index contributed by atoms with van der Waals surface area (Å²) in [5.41, 5.74) is -0.000248. The molecule has 0 bridgehead atoms. The maximum absolute atomic E-state index is 12.8. The first-order chi connectivity index (χ1) is 10.7. The Kier molecular flexibility index (Phi) is 5.08. The number of amides is 3. The zero-order valence-corrected chi connectivity index (χ0v) is 13.6. The number of benzene rings is 1. The fraction of sp³-hybridized carbons (Fsp3) is 0.500. The van der Waals surface area contributed by atoms with Crippen molar-refractivity contribution in [3.05, 3.63) is 30.1 Å². The highest BCUT2D eigenvalue weighted by Crippen LogP contribution is 2.13. The number of carbonyl (C=O) groups excluding carboxylic acids is 2. The number of rotatable bonds is 1. The fourth-order valence-electron chi connectivity index (χ4n) is 2.15. The molecule has 0 spiro atoms. The summed E-state index contributed by atoms with van der Waals surface area (Å²) in [4.78, 5) is 27.3. The lowest BCUT2D eigenvalue weighted by atomic mass is 10.2. The van der Waals surface area contributed by atoms with E-state index in [9.17, 15) is 14.0 Å². The van der Waals surface area contributed by atoms with Gasteiger partial charge >= 0.3 is 12.1 Å². The fourth-order valence-corrected chi connectivity index (χ4v) is 2.15. The van der Waals surface area contributed by atoms with Gasteiger partial charge in [0.25, 0.3) is 0 Å². The van der Waals surface area contributed by atoms with Crippen LogP contribution in [0.1, 0.15) is 20.8 Å². The number of urea groups is 1. The second-order valence-electron chi connectivity index (χ2n) is 6.39. The van der Waals surface area contributed by atoms with Gasteiger partial charge in [-0.25, -0.2) is 14.0 Å². The first-order valence-electron chi connectivity index (χ1n) is 7.54.